The van der Waals surface area contributed by atoms with Crippen molar-refractivity contribution in [2.24, 2.45) is 18.0 Å². The number of guanidine groups is 1. The molecule has 0 aliphatic carbocycles. The van der Waals surface area contributed by atoms with Gasteiger partial charge in [0, 0.05) is 49.9 Å². The van der Waals surface area contributed by atoms with Crippen LogP contribution in [0.3, 0.4) is 0 Å². The second kappa shape index (κ2) is 10.9. The van der Waals surface area contributed by atoms with Gasteiger partial charge in [0.25, 0.3) is 0 Å². The quantitative estimate of drug-likeness (QED) is 0.378. The number of rotatable bonds is 5. The van der Waals surface area contributed by atoms with E-state index in [0.717, 1.165) is 49.8 Å². The van der Waals surface area contributed by atoms with Gasteiger partial charge in [-0.2, -0.15) is 5.10 Å². The summed E-state index contributed by atoms with van der Waals surface area (Å²) in [5.74, 6) is 1.17. The van der Waals surface area contributed by atoms with Crippen LogP contribution in [0.1, 0.15) is 50.6 Å². The fourth-order valence-electron chi connectivity index (χ4n) is 3.33. The normalized spacial score (nSPS) is 15.7. The smallest absolute Gasteiger partial charge is 0.225 e. The summed E-state index contributed by atoms with van der Waals surface area (Å²) >= 11 is 0. The predicted octanol–water partition coefficient (Wildman–Crippen LogP) is 2.36. The molecule has 0 atom stereocenters. The Morgan fingerprint density at radius 1 is 1.30 bits per heavy atom. The lowest BCUT2D eigenvalue weighted by atomic mass is 10.0. The molecule has 1 aliphatic heterocycles. The topological polar surface area (TPSA) is 74.6 Å². The summed E-state index contributed by atoms with van der Waals surface area (Å²) < 4.78 is 1.90. The van der Waals surface area contributed by atoms with Crippen LogP contribution in [0, 0.1) is 19.8 Å². The van der Waals surface area contributed by atoms with Crippen molar-refractivity contribution in [2.75, 3.05) is 19.6 Å². The van der Waals surface area contributed by atoms with Crippen molar-refractivity contribution in [3.63, 3.8) is 0 Å². The Kier molecular flexibility index (Phi) is 9.55. The third-order valence-electron chi connectivity index (χ3n) is 5.04. The van der Waals surface area contributed by atoms with Crippen LogP contribution in [0.15, 0.2) is 4.99 Å². The number of amides is 1. The number of nitrogens with zero attached hydrogens (tertiary/aromatic N) is 4. The Labute approximate surface area is 180 Å². The van der Waals surface area contributed by atoms with Crippen molar-refractivity contribution in [1.82, 2.24) is 25.3 Å². The zero-order chi connectivity index (χ0) is 19.3. The zero-order valence-electron chi connectivity index (χ0n) is 17.5. The third-order valence-corrected chi connectivity index (χ3v) is 5.04. The fraction of sp³-hybridized carbons (Fsp3) is 0.737. The molecule has 0 bridgehead atoms. The van der Waals surface area contributed by atoms with Gasteiger partial charge >= 0.3 is 0 Å². The molecule has 1 aromatic rings. The van der Waals surface area contributed by atoms with Crippen LogP contribution in [0.2, 0.25) is 0 Å². The van der Waals surface area contributed by atoms with Gasteiger partial charge in [0.15, 0.2) is 5.96 Å². The number of piperidine rings is 1. The Hall–Kier alpha value is -1.32. The molecule has 2 N–H and O–H groups in total. The highest BCUT2D eigenvalue weighted by molar-refractivity contribution is 14.0. The molecule has 1 amide bonds. The maximum absolute atomic E-state index is 12.1. The van der Waals surface area contributed by atoms with Crippen molar-refractivity contribution < 1.29 is 4.79 Å². The molecule has 0 unspecified atom stereocenters. The van der Waals surface area contributed by atoms with Crippen LogP contribution in [0.5, 0.6) is 0 Å². The zero-order valence-corrected chi connectivity index (χ0v) is 19.8. The fourth-order valence-corrected chi connectivity index (χ4v) is 3.33. The second-order valence-electron chi connectivity index (χ2n) is 7.37. The van der Waals surface area contributed by atoms with Gasteiger partial charge in [0.2, 0.25) is 5.91 Å². The van der Waals surface area contributed by atoms with Gasteiger partial charge in [-0.3, -0.25) is 9.48 Å². The summed E-state index contributed by atoms with van der Waals surface area (Å²) in [4.78, 5) is 18.9. The maximum atomic E-state index is 12.1. The van der Waals surface area contributed by atoms with Gasteiger partial charge in [-0.25, -0.2) is 4.99 Å². The number of aliphatic imine (C=N–C) groups is 1. The highest BCUT2D eigenvalue weighted by atomic mass is 127. The number of carbonyl (C=O) groups is 1. The van der Waals surface area contributed by atoms with Gasteiger partial charge < -0.3 is 15.5 Å². The highest BCUT2D eigenvalue weighted by Gasteiger charge is 2.24. The number of carbonyl (C=O) groups excluding carboxylic acids is 1. The third kappa shape index (κ3) is 6.36. The molecular weight excluding hydrogens is 455 g/mol. The van der Waals surface area contributed by atoms with E-state index >= 15 is 0 Å². The van der Waals surface area contributed by atoms with Crippen LogP contribution in [-0.4, -0.2) is 52.2 Å². The summed E-state index contributed by atoms with van der Waals surface area (Å²) in [6, 6.07) is 0.347. The Morgan fingerprint density at radius 2 is 1.93 bits per heavy atom. The molecule has 7 nitrogen and oxygen atoms in total. The van der Waals surface area contributed by atoms with Crippen molar-refractivity contribution >= 4 is 35.8 Å². The molecule has 27 heavy (non-hydrogen) atoms. The lowest BCUT2D eigenvalue weighted by Crippen LogP contribution is -2.50. The number of hydrogen-bond acceptors (Lipinski definition) is 3. The molecule has 2 heterocycles. The first-order valence-electron chi connectivity index (χ1n) is 9.66. The summed E-state index contributed by atoms with van der Waals surface area (Å²) in [5, 5.41) is 11.3. The van der Waals surface area contributed by atoms with E-state index in [4.69, 9.17) is 4.99 Å². The monoisotopic (exact) mass is 490 g/mol. The van der Waals surface area contributed by atoms with Crippen molar-refractivity contribution in [2.45, 2.75) is 60.0 Å². The van der Waals surface area contributed by atoms with E-state index < -0.39 is 0 Å². The van der Waals surface area contributed by atoms with E-state index in [0.29, 0.717) is 12.6 Å². The molecule has 1 aromatic heterocycles. The summed E-state index contributed by atoms with van der Waals surface area (Å²) in [6.45, 7) is 13.2. The number of hydrogen-bond donors (Lipinski definition) is 2. The van der Waals surface area contributed by atoms with Crippen LogP contribution in [0.4, 0.5) is 0 Å². The summed E-state index contributed by atoms with van der Waals surface area (Å²) in [6.07, 6.45) is 1.90. The molecular formula is C19H35IN6O. The second-order valence-corrected chi connectivity index (χ2v) is 7.37. The summed E-state index contributed by atoms with van der Waals surface area (Å²) in [5.41, 5.74) is 3.37. The maximum Gasteiger partial charge on any atom is 0.225 e. The van der Waals surface area contributed by atoms with E-state index in [2.05, 4.69) is 29.6 Å². The molecule has 1 fully saturated rings. The largest absolute Gasteiger partial charge is 0.357 e. The molecule has 8 heteroatoms. The molecule has 0 spiro atoms. The molecule has 1 aliphatic rings. The molecule has 1 saturated heterocycles. The summed E-state index contributed by atoms with van der Waals surface area (Å²) in [7, 11) is 1.96. The van der Waals surface area contributed by atoms with Gasteiger partial charge in [-0.05, 0) is 33.6 Å². The van der Waals surface area contributed by atoms with Gasteiger partial charge in [0.1, 0.15) is 0 Å². The van der Waals surface area contributed by atoms with E-state index in [1.165, 1.54) is 5.56 Å². The van der Waals surface area contributed by atoms with Crippen LogP contribution in [0.25, 0.3) is 0 Å². The number of aromatic nitrogens is 2. The number of nitrogens with one attached hydrogen (secondary N) is 2. The number of aryl methyl sites for hydroxylation is 2. The van der Waals surface area contributed by atoms with E-state index in [1.807, 2.05) is 37.4 Å². The van der Waals surface area contributed by atoms with Gasteiger partial charge in [0.05, 0.1) is 12.2 Å². The predicted molar refractivity (Wildman–Crippen MR) is 120 cm³/mol. The van der Waals surface area contributed by atoms with E-state index in [-0.39, 0.29) is 35.8 Å². The lowest BCUT2D eigenvalue weighted by Gasteiger charge is -2.34. The molecule has 0 radical (unpaired) electrons. The van der Waals surface area contributed by atoms with Crippen molar-refractivity contribution in [1.29, 1.82) is 0 Å². The minimum Gasteiger partial charge on any atom is -0.357 e. The van der Waals surface area contributed by atoms with Crippen molar-refractivity contribution in [3.8, 4) is 0 Å². The first-order chi connectivity index (χ1) is 12.3. The molecule has 154 valence electrons. The Bertz CT molecular complexity index is 647. The molecule has 0 aromatic carbocycles. The average Bonchev–Trinajstić information content (AvgIpc) is 2.85. The SMILES string of the molecule is CCNC(=NCc1c(C)nn(C)c1C)NC1CCN(C(=O)C(C)C)CC1.I. The van der Waals surface area contributed by atoms with Crippen LogP contribution < -0.4 is 10.6 Å². The van der Waals surface area contributed by atoms with Crippen molar-refractivity contribution in [3.05, 3.63) is 17.0 Å². The first-order valence-corrected chi connectivity index (χ1v) is 9.66. The number of likely N-dealkylation sites (tertiary alicyclic amines) is 1. The van der Waals surface area contributed by atoms with Gasteiger partial charge in [-0.15, -0.1) is 24.0 Å². The van der Waals surface area contributed by atoms with E-state index in [9.17, 15) is 4.79 Å². The minimum absolute atomic E-state index is 0. The standard InChI is InChI=1S/C19H34N6O.HI/c1-7-20-19(21-12-17-14(4)23-24(6)15(17)5)22-16-8-10-25(11-9-16)18(26)13(2)3;/h13,16H,7-12H2,1-6H3,(H2,20,21,22);1H. The Morgan fingerprint density at radius 3 is 2.41 bits per heavy atom. The average molecular weight is 490 g/mol. The highest BCUT2D eigenvalue weighted by Crippen LogP contribution is 2.15. The molecule has 0 saturated carbocycles. The first kappa shape index (κ1) is 23.7. The minimum atomic E-state index is 0. The lowest BCUT2D eigenvalue weighted by molar-refractivity contribution is -0.135. The van der Waals surface area contributed by atoms with E-state index in [1.54, 1.807) is 0 Å². The van der Waals surface area contributed by atoms with Crippen LogP contribution >= 0.6 is 24.0 Å². The van der Waals surface area contributed by atoms with Crippen LogP contribution in [-0.2, 0) is 18.4 Å². The number of halogens is 1. The molecule has 2 rings (SSSR count). The Balaban J connectivity index is 0.00000364. The van der Waals surface area contributed by atoms with Gasteiger partial charge in [-0.1, -0.05) is 13.8 Å².